The summed E-state index contributed by atoms with van der Waals surface area (Å²) in [5.41, 5.74) is 4.41. The zero-order chi connectivity index (χ0) is 14.9. The third-order valence-electron chi connectivity index (χ3n) is 2.45. The monoisotopic (exact) mass is 302 g/mol. The van der Waals surface area contributed by atoms with Gasteiger partial charge in [-0.2, -0.15) is 0 Å². The Morgan fingerprint density at radius 2 is 1.55 bits per heavy atom. The van der Waals surface area contributed by atoms with Gasteiger partial charge in [-0.05, 0) is 30.3 Å². The number of benzene rings is 2. The smallest absolute Gasteiger partial charge is 0.262 e. The summed E-state index contributed by atoms with van der Waals surface area (Å²) in [5.74, 6) is -2.69. The Hall–Kier alpha value is -2.22. The molecule has 0 spiro atoms. The van der Waals surface area contributed by atoms with Gasteiger partial charge in [0.15, 0.2) is 5.82 Å². The highest BCUT2D eigenvalue weighted by Gasteiger charge is 2.19. The van der Waals surface area contributed by atoms with E-state index in [-0.39, 0.29) is 4.90 Å². The first kappa shape index (κ1) is 14.2. The minimum absolute atomic E-state index is 0.276. The van der Waals surface area contributed by atoms with Crippen molar-refractivity contribution < 1.29 is 21.6 Å². The summed E-state index contributed by atoms with van der Waals surface area (Å²) in [4.78, 5) is -0.276. The van der Waals surface area contributed by atoms with Crippen LogP contribution in [-0.4, -0.2) is 8.42 Å². The standard InChI is InChI=1S/C12H9F3N2O2S/c13-7-1-3-9(4-2-7)20(18,19)17-12-10(15)5-8(14)6-11(12)16/h1-6,17H,16H2. The van der Waals surface area contributed by atoms with Crippen LogP contribution in [0.3, 0.4) is 0 Å². The molecule has 0 aliphatic heterocycles. The van der Waals surface area contributed by atoms with Crippen LogP contribution >= 0.6 is 0 Å². The Labute approximate surface area is 113 Å². The molecule has 20 heavy (non-hydrogen) atoms. The van der Waals surface area contributed by atoms with E-state index in [1.54, 1.807) is 0 Å². The zero-order valence-corrected chi connectivity index (χ0v) is 10.7. The number of nitrogen functional groups attached to an aromatic ring is 1. The molecule has 0 aromatic heterocycles. The van der Waals surface area contributed by atoms with Gasteiger partial charge in [-0.3, -0.25) is 4.72 Å². The Kier molecular flexibility index (Phi) is 3.58. The second-order valence-electron chi connectivity index (χ2n) is 3.91. The van der Waals surface area contributed by atoms with Gasteiger partial charge < -0.3 is 5.73 Å². The first-order valence-electron chi connectivity index (χ1n) is 5.32. The molecule has 0 saturated carbocycles. The van der Waals surface area contributed by atoms with Gasteiger partial charge >= 0.3 is 0 Å². The molecule has 2 rings (SSSR count). The normalized spacial score (nSPS) is 11.3. The number of nitrogens with two attached hydrogens (primary N) is 1. The van der Waals surface area contributed by atoms with E-state index in [9.17, 15) is 21.6 Å². The van der Waals surface area contributed by atoms with Crippen molar-refractivity contribution in [3.63, 3.8) is 0 Å². The van der Waals surface area contributed by atoms with E-state index in [4.69, 9.17) is 5.73 Å². The van der Waals surface area contributed by atoms with Crippen LogP contribution in [0.5, 0.6) is 0 Å². The van der Waals surface area contributed by atoms with Crippen molar-refractivity contribution >= 4 is 21.4 Å². The van der Waals surface area contributed by atoms with E-state index in [0.717, 1.165) is 30.3 Å². The molecule has 8 heteroatoms. The van der Waals surface area contributed by atoms with Gasteiger partial charge in [-0.15, -0.1) is 0 Å². The number of halogens is 3. The van der Waals surface area contributed by atoms with E-state index >= 15 is 0 Å². The fraction of sp³-hybridized carbons (Fsp3) is 0. The van der Waals surface area contributed by atoms with E-state index in [1.807, 2.05) is 4.72 Å². The molecule has 0 bridgehead atoms. The fourth-order valence-electron chi connectivity index (χ4n) is 1.51. The Morgan fingerprint density at radius 1 is 0.950 bits per heavy atom. The molecule has 4 nitrogen and oxygen atoms in total. The Morgan fingerprint density at radius 3 is 2.10 bits per heavy atom. The summed E-state index contributed by atoms with van der Waals surface area (Å²) < 4.78 is 64.9. The molecule has 3 N–H and O–H groups in total. The van der Waals surface area contributed by atoms with E-state index in [1.165, 1.54) is 0 Å². The van der Waals surface area contributed by atoms with Gasteiger partial charge in [0.25, 0.3) is 10.0 Å². The highest BCUT2D eigenvalue weighted by Crippen LogP contribution is 2.26. The van der Waals surface area contributed by atoms with Crippen LogP contribution in [0.15, 0.2) is 41.3 Å². The lowest BCUT2D eigenvalue weighted by Crippen LogP contribution is -2.15. The molecular formula is C12H9F3N2O2S. The Bertz CT molecular complexity index is 723. The quantitative estimate of drug-likeness (QED) is 0.856. The number of nitrogens with one attached hydrogen (secondary N) is 1. The molecular weight excluding hydrogens is 293 g/mol. The summed E-state index contributed by atoms with van der Waals surface area (Å²) in [6, 6.07) is 5.19. The van der Waals surface area contributed by atoms with E-state index < -0.39 is 38.8 Å². The van der Waals surface area contributed by atoms with Crippen molar-refractivity contribution in [3.05, 3.63) is 53.8 Å². The average molecular weight is 302 g/mol. The molecule has 2 aromatic carbocycles. The number of rotatable bonds is 3. The summed E-state index contributed by atoms with van der Waals surface area (Å²) >= 11 is 0. The molecule has 0 unspecified atom stereocenters. The summed E-state index contributed by atoms with van der Waals surface area (Å²) in [5, 5.41) is 0. The largest absolute Gasteiger partial charge is 0.397 e. The number of sulfonamides is 1. The maximum absolute atomic E-state index is 13.5. The number of hydrogen-bond acceptors (Lipinski definition) is 3. The highest BCUT2D eigenvalue weighted by molar-refractivity contribution is 7.92. The second kappa shape index (κ2) is 5.04. The maximum atomic E-state index is 13.5. The maximum Gasteiger partial charge on any atom is 0.262 e. The molecule has 0 fully saturated rings. The minimum Gasteiger partial charge on any atom is -0.397 e. The predicted octanol–water partition coefficient (Wildman–Crippen LogP) is 2.49. The van der Waals surface area contributed by atoms with Crippen LogP contribution in [0, 0.1) is 17.5 Å². The van der Waals surface area contributed by atoms with Gasteiger partial charge in [-0.1, -0.05) is 0 Å². The lowest BCUT2D eigenvalue weighted by Gasteiger charge is -2.11. The van der Waals surface area contributed by atoms with Crippen molar-refractivity contribution in [2.24, 2.45) is 0 Å². The molecule has 2 aromatic rings. The topological polar surface area (TPSA) is 72.2 Å². The molecule has 0 amide bonds. The highest BCUT2D eigenvalue weighted by atomic mass is 32.2. The molecule has 0 atom stereocenters. The average Bonchev–Trinajstić information content (AvgIpc) is 2.34. The first-order valence-corrected chi connectivity index (χ1v) is 6.81. The molecule has 0 saturated heterocycles. The van der Waals surface area contributed by atoms with Crippen LogP contribution in [0.25, 0.3) is 0 Å². The van der Waals surface area contributed by atoms with Crippen LogP contribution in [-0.2, 0) is 10.0 Å². The van der Waals surface area contributed by atoms with Gasteiger partial charge in [0.2, 0.25) is 0 Å². The molecule has 0 radical (unpaired) electrons. The SMILES string of the molecule is Nc1cc(F)cc(F)c1NS(=O)(=O)c1ccc(F)cc1. The number of hydrogen-bond donors (Lipinski definition) is 2. The first-order chi connectivity index (χ1) is 9.29. The lowest BCUT2D eigenvalue weighted by molar-refractivity contribution is 0.583. The molecule has 0 heterocycles. The number of anilines is 2. The van der Waals surface area contributed by atoms with Crippen molar-refractivity contribution in [2.75, 3.05) is 10.5 Å². The van der Waals surface area contributed by atoms with Gasteiger partial charge in [0.1, 0.15) is 17.3 Å². The van der Waals surface area contributed by atoms with E-state index in [0.29, 0.717) is 6.07 Å². The third-order valence-corrected chi connectivity index (χ3v) is 3.81. The van der Waals surface area contributed by atoms with E-state index in [2.05, 4.69) is 0 Å². The van der Waals surface area contributed by atoms with Crippen molar-refractivity contribution in [3.8, 4) is 0 Å². The summed E-state index contributed by atoms with van der Waals surface area (Å²) in [6.45, 7) is 0. The Balaban J connectivity index is 2.41. The fourth-order valence-corrected chi connectivity index (χ4v) is 2.60. The summed E-state index contributed by atoms with van der Waals surface area (Å²) in [6.07, 6.45) is 0. The lowest BCUT2D eigenvalue weighted by atomic mass is 10.2. The van der Waals surface area contributed by atoms with Crippen LogP contribution < -0.4 is 10.5 Å². The van der Waals surface area contributed by atoms with Gasteiger partial charge in [-0.25, -0.2) is 21.6 Å². The molecule has 0 aliphatic rings. The van der Waals surface area contributed by atoms with Gasteiger partial charge in [0.05, 0.1) is 10.6 Å². The van der Waals surface area contributed by atoms with Crippen LogP contribution in [0.4, 0.5) is 24.5 Å². The van der Waals surface area contributed by atoms with Crippen molar-refractivity contribution in [1.82, 2.24) is 0 Å². The van der Waals surface area contributed by atoms with Crippen molar-refractivity contribution in [2.45, 2.75) is 4.90 Å². The third kappa shape index (κ3) is 2.85. The summed E-state index contributed by atoms with van der Waals surface area (Å²) in [7, 11) is -4.15. The van der Waals surface area contributed by atoms with Crippen LogP contribution in [0.2, 0.25) is 0 Å². The predicted molar refractivity (Wildman–Crippen MR) is 68.0 cm³/mol. The second-order valence-corrected chi connectivity index (χ2v) is 5.59. The van der Waals surface area contributed by atoms with Crippen LogP contribution in [0.1, 0.15) is 0 Å². The zero-order valence-electron chi connectivity index (χ0n) is 9.90. The van der Waals surface area contributed by atoms with Gasteiger partial charge in [0, 0.05) is 6.07 Å². The molecule has 106 valence electrons. The van der Waals surface area contributed by atoms with Crippen molar-refractivity contribution in [1.29, 1.82) is 0 Å². The minimum atomic E-state index is -4.15. The molecule has 0 aliphatic carbocycles.